The maximum atomic E-state index is 12.4. The molecule has 6 heteroatoms. The van der Waals surface area contributed by atoms with Crippen LogP contribution in [0.5, 0.6) is 0 Å². The van der Waals surface area contributed by atoms with Gasteiger partial charge in [0.1, 0.15) is 0 Å². The predicted molar refractivity (Wildman–Crippen MR) is 76.6 cm³/mol. The lowest BCUT2D eigenvalue weighted by atomic mass is 10.2. The van der Waals surface area contributed by atoms with Crippen LogP contribution in [0, 0.1) is 0 Å². The van der Waals surface area contributed by atoms with Crippen LogP contribution in [0.15, 0.2) is 0 Å². The third-order valence-corrected chi connectivity index (χ3v) is 5.73. The maximum Gasteiger partial charge on any atom is 0.214 e. The summed E-state index contributed by atoms with van der Waals surface area (Å²) < 4.78 is 26.4. The Kier molecular flexibility index (Phi) is 6.92. The van der Waals surface area contributed by atoms with Gasteiger partial charge in [-0.05, 0) is 39.3 Å². The van der Waals surface area contributed by atoms with Crippen molar-refractivity contribution in [3.8, 4) is 0 Å². The zero-order valence-electron chi connectivity index (χ0n) is 11.4. The van der Waals surface area contributed by atoms with E-state index in [1.165, 1.54) is 0 Å². The van der Waals surface area contributed by atoms with Crippen LogP contribution in [0.4, 0.5) is 0 Å². The van der Waals surface area contributed by atoms with Gasteiger partial charge in [-0.2, -0.15) is 4.31 Å². The van der Waals surface area contributed by atoms with Crippen LogP contribution in [0.25, 0.3) is 0 Å². The monoisotopic (exact) mass is 296 g/mol. The Labute approximate surface area is 116 Å². The average Bonchev–Trinajstić information content (AvgIpc) is 2.51. The second-order valence-corrected chi connectivity index (χ2v) is 7.42. The molecule has 0 aromatic carbocycles. The van der Waals surface area contributed by atoms with Crippen LogP contribution in [0.2, 0.25) is 0 Å². The van der Waals surface area contributed by atoms with E-state index in [-0.39, 0.29) is 11.8 Å². The molecule has 1 aliphatic heterocycles. The van der Waals surface area contributed by atoms with E-state index in [9.17, 15) is 8.42 Å². The van der Waals surface area contributed by atoms with Gasteiger partial charge in [-0.1, -0.05) is 6.92 Å². The van der Waals surface area contributed by atoms with Crippen molar-refractivity contribution < 1.29 is 8.42 Å². The topological polar surface area (TPSA) is 40.6 Å². The molecule has 0 aromatic rings. The Bertz CT molecular complexity index is 335. The smallest absolute Gasteiger partial charge is 0.214 e. The molecule has 0 bridgehead atoms. The van der Waals surface area contributed by atoms with E-state index >= 15 is 0 Å². The summed E-state index contributed by atoms with van der Waals surface area (Å²) in [6, 6.07) is 0.124. The number of halogens is 1. The largest absolute Gasteiger partial charge is 0.305 e. The molecule has 1 atom stereocenters. The molecule has 0 radical (unpaired) electrons. The normalized spacial score (nSPS) is 24.1. The van der Waals surface area contributed by atoms with Gasteiger partial charge in [0.15, 0.2) is 0 Å². The van der Waals surface area contributed by atoms with Gasteiger partial charge in [0.05, 0.1) is 5.75 Å². The average molecular weight is 297 g/mol. The highest BCUT2D eigenvalue weighted by atomic mass is 35.5. The molecule has 1 fully saturated rings. The molecule has 0 amide bonds. The lowest BCUT2D eigenvalue weighted by Gasteiger charge is -2.29. The second kappa shape index (κ2) is 7.68. The molecule has 0 N–H and O–H groups in total. The molecule has 0 aromatic heterocycles. The fraction of sp³-hybridized carbons (Fsp3) is 1.00. The molecule has 4 nitrogen and oxygen atoms in total. The number of rotatable bonds is 6. The number of sulfonamides is 1. The summed E-state index contributed by atoms with van der Waals surface area (Å²) in [6.07, 6.45) is 3.22. The Balaban J connectivity index is 2.70. The van der Waals surface area contributed by atoms with Gasteiger partial charge >= 0.3 is 0 Å². The first-order valence-corrected chi connectivity index (χ1v) is 8.89. The van der Waals surface area contributed by atoms with E-state index < -0.39 is 10.0 Å². The molecule has 0 saturated carbocycles. The maximum absolute atomic E-state index is 12.4. The Morgan fingerprint density at radius 1 is 1.28 bits per heavy atom. The number of hydrogen-bond acceptors (Lipinski definition) is 3. The minimum absolute atomic E-state index is 0.124. The van der Waals surface area contributed by atoms with Crippen LogP contribution < -0.4 is 0 Å². The van der Waals surface area contributed by atoms with Crippen LogP contribution in [0.1, 0.15) is 32.6 Å². The Morgan fingerprint density at radius 3 is 2.61 bits per heavy atom. The second-order valence-electron chi connectivity index (χ2n) is 5.00. The fourth-order valence-electron chi connectivity index (χ4n) is 2.42. The summed E-state index contributed by atoms with van der Waals surface area (Å²) in [7, 11) is -1.05. The number of likely N-dealkylation sites (N-methyl/N-ethyl adjacent to an activating group) is 1. The lowest BCUT2D eigenvalue weighted by Crippen LogP contribution is -2.44. The Hall–Kier alpha value is 0.160. The number of alkyl halides is 1. The van der Waals surface area contributed by atoms with E-state index in [2.05, 4.69) is 18.9 Å². The summed E-state index contributed by atoms with van der Waals surface area (Å²) in [5.41, 5.74) is 0. The van der Waals surface area contributed by atoms with Gasteiger partial charge in [-0.3, -0.25) is 0 Å². The highest BCUT2D eigenvalue weighted by Gasteiger charge is 2.30. The minimum Gasteiger partial charge on any atom is -0.305 e. The Morgan fingerprint density at radius 2 is 2.00 bits per heavy atom. The fourth-order valence-corrected chi connectivity index (χ4v) is 4.49. The van der Waals surface area contributed by atoms with Crippen LogP contribution in [0.3, 0.4) is 0 Å². The van der Waals surface area contributed by atoms with Gasteiger partial charge in [-0.25, -0.2) is 8.42 Å². The van der Waals surface area contributed by atoms with Crippen molar-refractivity contribution in [2.45, 2.75) is 38.6 Å². The van der Waals surface area contributed by atoms with E-state index in [4.69, 9.17) is 11.6 Å². The summed E-state index contributed by atoms with van der Waals surface area (Å²) in [5.74, 6) is 0.773. The third kappa shape index (κ3) is 4.68. The predicted octanol–water partition coefficient (Wildman–Crippen LogP) is 1.75. The third-order valence-electron chi connectivity index (χ3n) is 3.46. The van der Waals surface area contributed by atoms with Crippen LogP contribution in [-0.2, 0) is 10.0 Å². The van der Waals surface area contributed by atoms with Gasteiger partial charge < -0.3 is 4.90 Å². The molecule has 1 unspecified atom stereocenters. The van der Waals surface area contributed by atoms with Gasteiger partial charge in [0.2, 0.25) is 10.0 Å². The standard InChI is InChI=1S/C12H25ClN2O2S/c1-3-12-11-14(2)8-6-9-15(12)18(16,17)10-5-4-7-13/h12H,3-11H2,1-2H3. The van der Waals surface area contributed by atoms with Crippen molar-refractivity contribution in [3.63, 3.8) is 0 Å². The SMILES string of the molecule is CCC1CN(C)CCCN1S(=O)(=O)CCCCCl. The number of unbranched alkanes of at least 4 members (excludes halogenated alkanes) is 1. The summed E-state index contributed by atoms with van der Waals surface area (Å²) in [5, 5.41) is 0. The van der Waals surface area contributed by atoms with Crippen molar-refractivity contribution in [1.82, 2.24) is 9.21 Å². The van der Waals surface area contributed by atoms with Crippen molar-refractivity contribution in [1.29, 1.82) is 0 Å². The van der Waals surface area contributed by atoms with Crippen LogP contribution in [-0.4, -0.2) is 62.0 Å². The molecular formula is C12H25ClN2O2S. The summed E-state index contributed by atoms with van der Waals surface area (Å²) >= 11 is 5.60. The van der Waals surface area contributed by atoms with E-state index in [1.807, 2.05) is 0 Å². The van der Waals surface area contributed by atoms with E-state index in [0.717, 1.165) is 32.4 Å². The minimum atomic E-state index is -3.12. The summed E-state index contributed by atoms with van der Waals surface area (Å²) in [4.78, 5) is 2.22. The van der Waals surface area contributed by atoms with Crippen molar-refractivity contribution in [2.24, 2.45) is 0 Å². The molecule has 0 aliphatic carbocycles. The molecule has 0 spiro atoms. The van der Waals surface area contributed by atoms with Crippen molar-refractivity contribution in [3.05, 3.63) is 0 Å². The van der Waals surface area contributed by atoms with Gasteiger partial charge in [0, 0.05) is 25.0 Å². The molecule has 108 valence electrons. The molecule has 18 heavy (non-hydrogen) atoms. The quantitative estimate of drug-likeness (QED) is 0.554. The first-order chi connectivity index (χ1) is 8.51. The van der Waals surface area contributed by atoms with Crippen LogP contribution >= 0.6 is 11.6 Å². The van der Waals surface area contributed by atoms with Crippen molar-refractivity contribution in [2.75, 3.05) is 38.3 Å². The van der Waals surface area contributed by atoms with E-state index in [0.29, 0.717) is 18.8 Å². The highest BCUT2D eigenvalue weighted by molar-refractivity contribution is 7.89. The number of hydrogen-bond donors (Lipinski definition) is 0. The van der Waals surface area contributed by atoms with E-state index in [1.54, 1.807) is 4.31 Å². The summed E-state index contributed by atoms with van der Waals surface area (Å²) in [6.45, 7) is 4.53. The van der Waals surface area contributed by atoms with Gasteiger partial charge in [0.25, 0.3) is 0 Å². The zero-order chi connectivity index (χ0) is 13.6. The van der Waals surface area contributed by atoms with Gasteiger partial charge in [-0.15, -0.1) is 11.6 Å². The molecule has 1 rings (SSSR count). The molecule has 1 heterocycles. The number of nitrogens with zero attached hydrogens (tertiary/aromatic N) is 2. The molecule has 1 saturated heterocycles. The zero-order valence-corrected chi connectivity index (χ0v) is 13.0. The first-order valence-electron chi connectivity index (χ1n) is 6.75. The molecular weight excluding hydrogens is 272 g/mol. The highest BCUT2D eigenvalue weighted by Crippen LogP contribution is 2.17. The lowest BCUT2D eigenvalue weighted by molar-refractivity contribution is 0.270. The first kappa shape index (κ1) is 16.2. The van der Waals surface area contributed by atoms with Crippen molar-refractivity contribution >= 4 is 21.6 Å². The molecule has 1 aliphatic rings.